The van der Waals surface area contributed by atoms with E-state index in [9.17, 15) is 5.11 Å². The zero-order chi connectivity index (χ0) is 13.0. The first-order valence-corrected chi connectivity index (χ1v) is 7.38. The van der Waals surface area contributed by atoms with Gasteiger partial charge >= 0.3 is 0 Å². The Balaban J connectivity index is 1.51. The molecule has 4 heteroatoms. The Hall–Kier alpha value is -0.160. The minimum absolute atomic E-state index is 0.376. The Morgan fingerprint density at radius 2 is 2.06 bits per heavy atom. The van der Waals surface area contributed by atoms with Crippen LogP contribution in [0, 0.1) is 5.92 Å². The van der Waals surface area contributed by atoms with Crippen molar-refractivity contribution in [1.82, 2.24) is 10.2 Å². The maximum absolute atomic E-state index is 9.81. The highest BCUT2D eigenvalue weighted by Crippen LogP contribution is 2.29. The minimum atomic E-state index is -0.376. The average Bonchev–Trinajstić information content (AvgIpc) is 3.06. The van der Waals surface area contributed by atoms with Crippen molar-refractivity contribution in [3.8, 4) is 0 Å². The number of likely N-dealkylation sites (tertiary alicyclic amines) is 1. The molecule has 0 aromatic carbocycles. The summed E-state index contributed by atoms with van der Waals surface area (Å²) in [5.41, 5.74) is 0. The zero-order valence-corrected chi connectivity index (χ0v) is 11.8. The highest BCUT2D eigenvalue weighted by atomic mass is 16.5. The van der Waals surface area contributed by atoms with E-state index in [0.29, 0.717) is 25.1 Å². The summed E-state index contributed by atoms with van der Waals surface area (Å²) < 4.78 is 5.44. The lowest BCUT2D eigenvalue weighted by Crippen LogP contribution is -2.39. The summed E-state index contributed by atoms with van der Waals surface area (Å²) in [6.07, 6.45) is 3.62. The second-order valence-electron chi connectivity index (χ2n) is 6.21. The van der Waals surface area contributed by atoms with Crippen molar-refractivity contribution < 1.29 is 9.84 Å². The van der Waals surface area contributed by atoms with E-state index in [1.807, 2.05) is 0 Å². The molecule has 2 rings (SSSR count). The predicted molar refractivity (Wildman–Crippen MR) is 72.7 cm³/mol. The topological polar surface area (TPSA) is 44.7 Å². The lowest BCUT2D eigenvalue weighted by molar-refractivity contribution is 0.0251. The fraction of sp³-hybridized carbons (Fsp3) is 1.00. The van der Waals surface area contributed by atoms with E-state index in [1.165, 1.54) is 25.8 Å². The van der Waals surface area contributed by atoms with Crippen LogP contribution < -0.4 is 5.32 Å². The molecule has 1 heterocycles. The molecule has 106 valence electrons. The number of aliphatic hydroxyl groups excluding tert-OH is 1. The molecule has 2 aliphatic rings. The van der Waals surface area contributed by atoms with Gasteiger partial charge in [0.15, 0.2) is 0 Å². The molecule has 2 fully saturated rings. The molecule has 1 saturated heterocycles. The van der Waals surface area contributed by atoms with Gasteiger partial charge in [-0.1, -0.05) is 13.8 Å². The standard InChI is InChI=1S/C14H28N2O2/c1-11(2)9-18-10-14(17)7-15-12-5-6-16(8-12)13-3-4-13/h11-15,17H,3-10H2,1-2H3. The van der Waals surface area contributed by atoms with Crippen LogP contribution in [0.5, 0.6) is 0 Å². The van der Waals surface area contributed by atoms with Crippen LogP contribution in [0.2, 0.25) is 0 Å². The first-order chi connectivity index (χ1) is 8.65. The van der Waals surface area contributed by atoms with Gasteiger partial charge in [-0.3, -0.25) is 4.90 Å². The second kappa shape index (κ2) is 6.85. The summed E-state index contributed by atoms with van der Waals surface area (Å²) in [6, 6.07) is 1.43. The van der Waals surface area contributed by atoms with E-state index in [-0.39, 0.29) is 6.10 Å². The Bertz CT molecular complexity index is 244. The quantitative estimate of drug-likeness (QED) is 0.676. The summed E-state index contributed by atoms with van der Waals surface area (Å²) in [5.74, 6) is 0.534. The molecule has 1 aliphatic heterocycles. The van der Waals surface area contributed by atoms with Crippen LogP contribution in [0.25, 0.3) is 0 Å². The Morgan fingerprint density at radius 1 is 1.28 bits per heavy atom. The summed E-state index contributed by atoms with van der Waals surface area (Å²) in [6.45, 7) is 8.46. The van der Waals surface area contributed by atoms with Crippen molar-refractivity contribution in [1.29, 1.82) is 0 Å². The van der Waals surface area contributed by atoms with Crippen LogP contribution in [-0.4, -0.2) is 61.0 Å². The highest BCUT2D eigenvalue weighted by Gasteiger charge is 2.34. The third kappa shape index (κ3) is 4.84. The summed E-state index contributed by atoms with van der Waals surface area (Å²) in [4.78, 5) is 2.58. The fourth-order valence-electron chi connectivity index (χ4n) is 2.53. The number of aliphatic hydroxyl groups is 1. The number of nitrogens with one attached hydrogen (secondary N) is 1. The van der Waals surface area contributed by atoms with Gasteiger partial charge in [0.2, 0.25) is 0 Å². The maximum atomic E-state index is 9.81. The predicted octanol–water partition coefficient (Wildman–Crippen LogP) is 0.846. The SMILES string of the molecule is CC(C)COCC(O)CNC1CCN(C2CC2)C1. The molecule has 0 spiro atoms. The lowest BCUT2D eigenvalue weighted by Gasteiger charge is -2.18. The fourth-order valence-corrected chi connectivity index (χ4v) is 2.53. The van der Waals surface area contributed by atoms with Gasteiger partial charge in [-0.05, 0) is 25.2 Å². The van der Waals surface area contributed by atoms with Gasteiger partial charge in [-0.15, -0.1) is 0 Å². The molecule has 0 aromatic heterocycles. The Labute approximate surface area is 111 Å². The van der Waals surface area contributed by atoms with Crippen molar-refractivity contribution in [3.63, 3.8) is 0 Å². The number of hydrogen-bond acceptors (Lipinski definition) is 4. The molecular weight excluding hydrogens is 228 g/mol. The molecule has 4 nitrogen and oxygen atoms in total. The van der Waals surface area contributed by atoms with Crippen molar-refractivity contribution in [2.24, 2.45) is 5.92 Å². The first-order valence-electron chi connectivity index (χ1n) is 7.38. The number of rotatable bonds is 8. The van der Waals surface area contributed by atoms with Gasteiger partial charge in [-0.2, -0.15) is 0 Å². The van der Waals surface area contributed by atoms with Crippen LogP contribution in [0.15, 0.2) is 0 Å². The Morgan fingerprint density at radius 3 is 2.72 bits per heavy atom. The average molecular weight is 256 g/mol. The lowest BCUT2D eigenvalue weighted by atomic mass is 10.2. The normalized spacial score (nSPS) is 27.0. The monoisotopic (exact) mass is 256 g/mol. The third-order valence-electron chi connectivity index (χ3n) is 3.69. The molecule has 0 bridgehead atoms. The summed E-state index contributed by atoms with van der Waals surface area (Å²) in [5, 5.41) is 13.3. The van der Waals surface area contributed by atoms with E-state index in [2.05, 4.69) is 24.1 Å². The summed E-state index contributed by atoms with van der Waals surface area (Å²) in [7, 11) is 0. The molecule has 2 atom stereocenters. The van der Waals surface area contributed by atoms with Gasteiger partial charge < -0.3 is 15.2 Å². The van der Waals surface area contributed by atoms with Crippen LogP contribution in [0.4, 0.5) is 0 Å². The smallest absolute Gasteiger partial charge is 0.0897 e. The molecular formula is C14H28N2O2. The first kappa shape index (κ1) is 14.3. The zero-order valence-electron chi connectivity index (χ0n) is 11.8. The van der Waals surface area contributed by atoms with Gasteiger partial charge in [0, 0.05) is 38.3 Å². The van der Waals surface area contributed by atoms with Crippen molar-refractivity contribution >= 4 is 0 Å². The molecule has 18 heavy (non-hydrogen) atoms. The Kier molecular flexibility index (Phi) is 5.42. The van der Waals surface area contributed by atoms with E-state index in [1.54, 1.807) is 0 Å². The van der Waals surface area contributed by atoms with E-state index in [0.717, 1.165) is 19.2 Å². The van der Waals surface area contributed by atoms with Gasteiger partial charge in [0.25, 0.3) is 0 Å². The largest absolute Gasteiger partial charge is 0.389 e. The molecule has 1 aliphatic carbocycles. The van der Waals surface area contributed by atoms with Crippen LogP contribution in [-0.2, 0) is 4.74 Å². The van der Waals surface area contributed by atoms with Crippen LogP contribution in [0.3, 0.4) is 0 Å². The number of nitrogens with zero attached hydrogens (tertiary/aromatic N) is 1. The number of ether oxygens (including phenoxy) is 1. The molecule has 0 radical (unpaired) electrons. The molecule has 1 saturated carbocycles. The van der Waals surface area contributed by atoms with E-state index in [4.69, 9.17) is 4.74 Å². The highest BCUT2D eigenvalue weighted by molar-refractivity contribution is 4.91. The third-order valence-corrected chi connectivity index (χ3v) is 3.69. The van der Waals surface area contributed by atoms with Gasteiger partial charge in [0.05, 0.1) is 12.7 Å². The van der Waals surface area contributed by atoms with Crippen LogP contribution >= 0.6 is 0 Å². The maximum Gasteiger partial charge on any atom is 0.0897 e. The van der Waals surface area contributed by atoms with Gasteiger partial charge in [0.1, 0.15) is 0 Å². The molecule has 0 aromatic rings. The van der Waals surface area contributed by atoms with Crippen molar-refractivity contribution in [3.05, 3.63) is 0 Å². The molecule has 0 amide bonds. The van der Waals surface area contributed by atoms with Gasteiger partial charge in [-0.25, -0.2) is 0 Å². The van der Waals surface area contributed by atoms with Crippen LogP contribution in [0.1, 0.15) is 33.1 Å². The second-order valence-corrected chi connectivity index (χ2v) is 6.21. The minimum Gasteiger partial charge on any atom is -0.389 e. The van der Waals surface area contributed by atoms with E-state index < -0.39 is 0 Å². The molecule has 2 N–H and O–H groups in total. The molecule has 2 unspecified atom stereocenters. The van der Waals surface area contributed by atoms with Crippen molar-refractivity contribution in [2.75, 3.05) is 32.8 Å². The van der Waals surface area contributed by atoms with Crippen molar-refractivity contribution in [2.45, 2.75) is 51.3 Å². The summed E-state index contributed by atoms with van der Waals surface area (Å²) >= 11 is 0. The van der Waals surface area contributed by atoms with E-state index >= 15 is 0 Å². The number of hydrogen-bond donors (Lipinski definition) is 2.